The summed E-state index contributed by atoms with van der Waals surface area (Å²) in [7, 11) is 0. The molecule has 0 radical (unpaired) electrons. The molecule has 104 valence electrons. The number of carboxylic acid groups (broad SMARTS) is 1. The van der Waals surface area contributed by atoms with Crippen LogP contribution in [0.25, 0.3) is 0 Å². The number of carbonyl (C=O) groups excluding carboxylic acids is 2. The summed E-state index contributed by atoms with van der Waals surface area (Å²) in [6.07, 6.45) is 1.81. The molecular weight excluding hydrogens is 234 g/mol. The minimum absolute atomic E-state index is 0.238. The summed E-state index contributed by atoms with van der Waals surface area (Å²) in [6.45, 7) is 7.37. The van der Waals surface area contributed by atoms with E-state index in [9.17, 15) is 14.7 Å². The fourth-order valence-electron chi connectivity index (χ4n) is 2.09. The largest absolute Gasteiger partial charge is 0.550 e. The highest BCUT2D eigenvalue weighted by Gasteiger charge is 2.22. The number of piperidine rings is 1. The number of carboxylic acids is 1. The zero-order valence-electron chi connectivity index (χ0n) is 11.4. The van der Waals surface area contributed by atoms with Crippen molar-refractivity contribution < 1.29 is 19.4 Å². The number of ether oxygens (including phenoxy) is 1. The van der Waals surface area contributed by atoms with Crippen LogP contribution < -0.4 is 5.11 Å². The maximum atomic E-state index is 11.5. The van der Waals surface area contributed by atoms with Crippen LogP contribution in [0, 0.1) is 5.92 Å². The van der Waals surface area contributed by atoms with Crippen LogP contribution >= 0.6 is 0 Å². The van der Waals surface area contributed by atoms with Crippen molar-refractivity contribution in [1.82, 2.24) is 4.90 Å². The first kappa shape index (κ1) is 15.0. The minimum atomic E-state index is -0.989. The molecule has 1 fully saturated rings. The average Bonchev–Trinajstić information content (AvgIpc) is 2.24. The Bertz CT molecular complexity index is 309. The van der Waals surface area contributed by atoms with Gasteiger partial charge in [0.1, 0.15) is 5.60 Å². The van der Waals surface area contributed by atoms with Crippen LogP contribution in [0.5, 0.6) is 0 Å². The lowest BCUT2D eigenvalue weighted by molar-refractivity contribution is -0.312. The molecule has 0 aromatic heterocycles. The monoisotopic (exact) mass is 256 g/mol. The van der Waals surface area contributed by atoms with Gasteiger partial charge in [0, 0.05) is 25.0 Å². The maximum absolute atomic E-state index is 11.5. The lowest BCUT2D eigenvalue weighted by Gasteiger charge is -2.33. The quantitative estimate of drug-likeness (QED) is 0.671. The summed E-state index contributed by atoms with van der Waals surface area (Å²) in [5, 5.41) is 10.8. The number of aliphatic carboxylic acids is 1. The van der Waals surface area contributed by atoms with Crippen LogP contribution in [0.4, 0.5) is 0 Å². The predicted molar refractivity (Wildman–Crippen MR) is 64.6 cm³/mol. The van der Waals surface area contributed by atoms with Gasteiger partial charge in [0.25, 0.3) is 0 Å². The highest BCUT2D eigenvalue weighted by Crippen LogP contribution is 2.16. The zero-order chi connectivity index (χ0) is 13.8. The molecule has 0 bridgehead atoms. The first-order valence-electron chi connectivity index (χ1n) is 6.43. The summed E-state index contributed by atoms with van der Waals surface area (Å²) >= 11 is 0. The van der Waals surface area contributed by atoms with Crippen molar-refractivity contribution in [3.05, 3.63) is 0 Å². The van der Waals surface area contributed by atoms with Crippen LogP contribution in [-0.4, -0.2) is 42.1 Å². The standard InChI is InChI=1S/C13H23NO4/c1-13(2,3)18-11(15)6-8-14-7-4-5-10(9-14)12(16)17/h10H,4-9H2,1-3H3,(H,16,17)/p-1/t10-/m0/s1. The topological polar surface area (TPSA) is 69.7 Å². The Kier molecular flexibility index (Phi) is 5.14. The highest BCUT2D eigenvalue weighted by molar-refractivity contribution is 5.70. The number of likely N-dealkylation sites (tertiary alicyclic amines) is 1. The third kappa shape index (κ3) is 5.49. The molecule has 5 heteroatoms. The van der Waals surface area contributed by atoms with Gasteiger partial charge in [0.15, 0.2) is 0 Å². The lowest BCUT2D eigenvalue weighted by Crippen LogP contribution is -2.44. The van der Waals surface area contributed by atoms with Gasteiger partial charge in [-0.15, -0.1) is 0 Å². The van der Waals surface area contributed by atoms with E-state index in [1.807, 2.05) is 25.7 Å². The van der Waals surface area contributed by atoms with Crippen molar-refractivity contribution in [2.24, 2.45) is 5.92 Å². The molecule has 0 N–H and O–H groups in total. The second kappa shape index (κ2) is 6.18. The van der Waals surface area contributed by atoms with Gasteiger partial charge in [0.2, 0.25) is 0 Å². The third-order valence-electron chi connectivity index (χ3n) is 2.89. The van der Waals surface area contributed by atoms with Crippen LogP contribution in [0.15, 0.2) is 0 Å². The van der Waals surface area contributed by atoms with E-state index in [2.05, 4.69) is 0 Å². The van der Waals surface area contributed by atoms with Gasteiger partial charge in [-0.25, -0.2) is 0 Å². The van der Waals surface area contributed by atoms with Gasteiger partial charge in [-0.2, -0.15) is 0 Å². The lowest BCUT2D eigenvalue weighted by atomic mass is 9.98. The number of hydrogen-bond donors (Lipinski definition) is 0. The van der Waals surface area contributed by atoms with Gasteiger partial charge < -0.3 is 19.5 Å². The Morgan fingerprint density at radius 3 is 2.61 bits per heavy atom. The molecule has 1 heterocycles. The molecule has 0 amide bonds. The van der Waals surface area contributed by atoms with Gasteiger partial charge in [-0.1, -0.05) is 0 Å². The summed E-state index contributed by atoms with van der Waals surface area (Å²) in [6, 6.07) is 0. The molecule has 1 rings (SSSR count). The molecule has 5 nitrogen and oxygen atoms in total. The number of rotatable bonds is 4. The smallest absolute Gasteiger partial charge is 0.307 e. The summed E-state index contributed by atoms with van der Waals surface area (Å²) in [5.74, 6) is -1.63. The van der Waals surface area contributed by atoms with Crippen LogP contribution in [-0.2, 0) is 14.3 Å². The molecule has 0 aromatic rings. The molecule has 0 unspecified atom stereocenters. The third-order valence-corrected chi connectivity index (χ3v) is 2.89. The van der Waals surface area contributed by atoms with Gasteiger partial charge in [-0.05, 0) is 40.2 Å². The fraction of sp³-hybridized carbons (Fsp3) is 0.846. The Labute approximate surface area is 108 Å². The summed E-state index contributed by atoms with van der Waals surface area (Å²) < 4.78 is 5.21. The van der Waals surface area contributed by atoms with Crippen molar-refractivity contribution in [3.63, 3.8) is 0 Å². The van der Waals surface area contributed by atoms with E-state index in [1.165, 1.54) is 0 Å². The molecule has 1 aliphatic heterocycles. The molecule has 1 atom stereocenters. The van der Waals surface area contributed by atoms with E-state index in [0.717, 1.165) is 13.0 Å². The van der Waals surface area contributed by atoms with Crippen molar-refractivity contribution in [1.29, 1.82) is 0 Å². The van der Waals surface area contributed by atoms with Gasteiger partial charge in [0.05, 0.1) is 6.42 Å². The number of hydrogen-bond acceptors (Lipinski definition) is 5. The normalized spacial score (nSPS) is 21.6. The molecular formula is C13H22NO4-. The second-order valence-electron chi connectivity index (χ2n) is 5.80. The Hall–Kier alpha value is -1.10. The van der Waals surface area contributed by atoms with Crippen molar-refractivity contribution in [2.45, 2.75) is 45.6 Å². The first-order valence-corrected chi connectivity index (χ1v) is 6.43. The molecule has 0 spiro atoms. The maximum Gasteiger partial charge on any atom is 0.307 e. The SMILES string of the molecule is CC(C)(C)OC(=O)CCN1CCC[C@H](C(=O)[O-])C1. The Morgan fingerprint density at radius 1 is 1.39 bits per heavy atom. The van der Waals surface area contributed by atoms with E-state index in [1.54, 1.807) is 0 Å². The van der Waals surface area contributed by atoms with E-state index in [0.29, 0.717) is 25.9 Å². The van der Waals surface area contributed by atoms with Gasteiger partial charge in [-0.3, -0.25) is 4.79 Å². The van der Waals surface area contributed by atoms with E-state index in [-0.39, 0.29) is 5.97 Å². The fourth-order valence-corrected chi connectivity index (χ4v) is 2.09. The number of carbonyl (C=O) groups is 2. The minimum Gasteiger partial charge on any atom is -0.550 e. The highest BCUT2D eigenvalue weighted by atomic mass is 16.6. The van der Waals surface area contributed by atoms with Gasteiger partial charge >= 0.3 is 5.97 Å². The van der Waals surface area contributed by atoms with E-state index in [4.69, 9.17) is 4.74 Å². The van der Waals surface area contributed by atoms with Crippen molar-refractivity contribution in [3.8, 4) is 0 Å². The molecule has 0 aliphatic carbocycles. The number of nitrogens with zero attached hydrogens (tertiary/aromatic N) is 1. The second-order valence-corrected chi connectivity index (χ2v) is 5.80. The van der Waals surface area contributed by atoms with E-state index < -0.39 is 17.5 Å². The summed E-state index contributed by atoms with van der Waals surface area (Å²) in [5.41, 5.74) is -0.466. The van der Waals surface area contributed by atoms with Crippen molar-refractivity contribution in [2.75, 3.05) is 19.6 Å². The molecule has 18 heavy (non-hydrogen) atoms. The van der Waals surface area contributed by atoms with Crippen molar-refractivity contribution >= 4 is 11.9 Å². The predicted octanol–water partition coefficient (Wildman–Crippen LogP) is 0.180. The van der Waals surface area contributed by atoms with E-state index >= 15 is 0 Å². The van der Waals surface area contributed by atoms with Crippen LogP contribution in [0.3, 0.4) is 0 Å². The zero-order valence-corrected chi connectivity index (χ0v) is 11.4. The molecule has 0 aromatic carbocycles. The molecule has 1 aliphatic rings. The molecule has 0 saturated carbocycles. The summed E-state index contributed by atoms with van der Waals surface area (Å²) in [4.78, 5) is 24.3. The molecule has 1 saturated heterocycles. The van der Waals surface area contributed by atoms with Crippen LogP contribution in [0.2, 0.25) is 0 Å². The Morgan fingerprint density at radius 2 is 2.06 bits per heavy atom. The first-order chi connectivity index (χ1) is 8.28. The van der Waals surface area contributed by atoms with Crippen LogP contribution in [0.1, 0.15) is 40.0 Å². The number of esters is 1. The average molecular weight is 256 g/mol. The Balaban J connectivity index is 2.31.